The van der Waals surface area contributed by atoms with E-state index >= 15 is 0 Å². The molecule has 1 N–H and O–H groups in total. The van der Waals surface area contributed by atoms with Crippen molar-refractivity contribution in [2.24, 2.45) is 5.92 Å². The maximum Gasteiger partial charge on any atom is 0.247 e. The highest BCUT2D eigenvalue weighted by Gasteiger charge is 2.31. The molecule has 5 rings (SSSR count). The van der Waals surface area contributed by atoms with E-state index in [0.29, 0.717) is 34.5 Å². The number of halogens is 3. The zero-order valence-electron chi connectivity index (χ0n) is 20.3. The number of hydrogen-bond acceptors (Lipinski definition) is 3. The molecule has 5 nitrogen and oxygen atoms in total. The lowest BCUT2D eigenvalue weighted by molar-refractivity contribution is -0.123. The molecule has 1 aromatic heterocycles. The van der Waals surface area contributed by atoms with Crippen LogP contribution in [-0.2, 0) is 16.1 Å². The Kier molecular flexibility index (Phi) is 7.87. The fourth-order valence-electron chi connectivity index (χ4n) is 5.65. The van der Waals surface area contributed by atoms with Gasteiger partial charge in [0, 0.05) is 29.8 Å². The van der Waals surface area contributed by atoms with E-state index in [-0.39, 0.29) is 24.1 Å². The van der Waals surface area contributed by atoms with E-state index in [4.69, 9.17) is 16.3 Å². The molecular formula is C28H32ClF2N3O2. The molecule has 8 heteroatoms. The second-order valence-corrected chi connectivity index (χ2v) is 10.6. The van der Waals surface area contributed by atoms with Gasteiger partial charge in [-0.25, -0.2) is 13.8 Å². The number of imidazole rings is 1. The first-order valence-corrected chi connectivity index (χ1v) is 13.4. The topological polar surface area (TPSA) is 56.2 Å². The van der Waals surface area contributed by atoms with Crippen LogP contribution in [0.25, 0.3) is 11.0 Å². The molecule has 2 saturated carbocycles. The van der Waals surface area contributed by atoms with E-state index < -0.39 is 17.7 Å². The Morgan fingerprint density at radius 2 is 1.78 bits per heavy atom. The number of aromatic nitrogens is 2. The molecule has 1 amide bonds. The Bertz CT molecular complexity index is 1220. The molecule has 36 heavy (non-hydrogen) atoms. The normalized spacial score (nSPS) is 18.1. The largest absolute Gasteiger partial charge is 0.373 e. The number of carbonyl (C=O) groups excluding carboxylic acids is 1. The fourth-order valence-corrected chi connectivity index (χ4v) is 5.84. The minimum Gasteiger partial charge on any atom is -0.373 e. The number of nitrogens with zero attached hydrogens (tertiary/aromatic N) is 2. The molecule has 2 aromatic carbocycles. The molecule has 1 unspecified atom stereocenters. The Morgan fingerprint density at radius 3 is 2.53 bits per heavy atom. The van der Waals surface area contributed by atoms with E-state index in [1.54, 1.807) is 22.8 Å². The van der Waals surface area contributed by atoms with Crippen LogP contribution in [0.15, 0.2) is 36.4 Å². The van der Waals surface area contributed by atoms with Crippen LogP contribution in [0.3, 0.4) is 0 Å². The van der Waals surface area contributed by atoms with Gasteiger partial charge in [-0.2, -0.15) is 0 Å². The van der Waals surface area contributed by atoms with Crippen LogP contribution in [0.2, 0.25) is 5.02 Å². The monoisotopic (exact) mass is 515 g/mol. The van der Waals surface area contributed by atoms with Crippen LogP contribution in [0, 0.1) is 17.6 Å². The predicted molar refractivity (Wildman–Crippen MR) is 136 cm³/mol. The average Bonchev–Trinajstić information content (AvgIpc) is 3.49. The van der Waals surface area contributed by atoms with Crippen molar-refractivity contribution < 1.29 is 18.3 Å². The quantitative estimate of drug-likeness (QED) is 0.362. The van der Waals surface area contributed by atoms with Gasteiger partial charge >= 0.3 is 0 Å². The number of fused-ring (bicyclic) bond motifs is 1. The Labute approximate surface area is 215 Å². The van der Waals surface area contributed by atoms with Crippen molar-refractivity contribution in [2.75, 3.05) is 6.61 Å². The van der Waals surface area contributed by atoms with Gasteiger partial charge in [0.15, 0.2) is 11.6 Å². The van der Waals surface area contributed by atoms with Crippen LogP contribution < -0.4 is 5.32 Å². The third kappa shape index (κ3) is 5.57. The fraction of sp³-hybridized carbons (Fsp3) is 0.500. The molecule has 192 valence electrons. The summed E-state index contributed by atoms with van der Waals surface area (Å²) in [5.74, 6) is -1.23. The molecule has 2 aliphatic rings. The molecule has 3 aromatic rings. The second-order valence-electron chi connectivity index (χ2n) is 10.1. The van der Waals surface area contributed by atoms with Crippen LogP contribution in [-0.4, -0.2) is 28.1 Å². The molecular weight excluding hydrogens is 484 g/mol. The number of amides is 1. The molecule has 2 fully saturated rings. The van der Waals surface area contributed by atoms with Gasteiger partial charge in [0.1, 0.15) is 18.5 Å². The second kappa shape index (κ2) is 11.3. The van der Waals surface area contributed by atoms with Crippen molar-refractivity contribution in [1.82, 2.24) is 14.9 Å². The summed E-state index contributed by atoms with van der Waals surface area (Å²) in [5.41, 5.74) is 1.28. The van der Waals surface area contributed by atoms with Gasteiger partial charge in [-0.15, -0.1) is 0 Å². The van der Waals surface area contributed by atoms with E-state index in [9.17, 15) is 13.6 Å². The average molecular weight is 516 g/mol. The van der Waals surface area contributed by atoms with Crippen molar-refractivity contribution in [3.63, 3.8) is 0 Å². The standard InChI is InChI=1S/C28H32ClF2N3O2/c29-20-10-6-9-19(13-20)27(28(35)32-21-11-4-5-12-21)34-25-15-23(31)22(30)14-24(25)33-26(34)17-36-16-18-7-2-1-3-8-18/h6,9-10,13-15,18,21,27H,1-5,7-8,11-12,16-17H2,(H,32,35). The Morgan fingerprint density at radius 1 is 1.06 bits per heavy atom. The summed E-state index contributed by atoms with van der Waals surface area (Å²) in [6.45, 7) is 0.740. The summed E-state index contributed by atoms with van der Waals surface area (Å²) < 4.78 is 36.3. The summed E-state index contributed by atoms with van der Waals surface area (Å²) in [6, 6.07) is 8.51. The molecule has 0 spiro atoms. The minimum atomic E-state index is -0.987. The number of nitrogens with one attached hydrogen (secondary N) is 1. The summed E-state index contributed by atoms with van der Waals surface area (Å²) in [4.78, 5) is 18.4. The number of hydrogen-bond donors (Lipinski definition) is 1. The van der Waals surface area contributed by atoms with Gasteiger partial charge in [-0.3, -0.25) is 4.79 Å². The summed E-state index contributed by atoms with van der Waals surface area (Å²) in [7, 11) is 0. The molecule has 0 bridgehead atoms. The molecule has 2 aliphatic carbocycles. The van der Waals surface area contributed by atoms with Crippen molar-refractivity contribution in [1.29, 1.82) is 0 Å². The smallest absolute Gasteiger partial charge is 0.247 e. The first kappa shape index (κ1) is 25.2. The lowest BCUT2D eigenvalue weighted by Crippen LogP contribution is -2.39. The zero-order chi connectivity index (χ0) is 25.1. The number of benzene rings is 2. The van der Waals surface area contributed by atoms with Gasteiger partial charge in [-0.1, -0.05) is 55.8 Å². The Balaban J connectivity index is 1.54. The van der Waals surface area contributed by atoms with Gasteiger partial charge in [0.2, 0.25) is 5.91 Å². The molecule has 1 atom stereocenters. The van der Waals surface area contributed by atoms with Gasteiger partial charge in [0.05, 0.1) is 11.0 Å². The van der Waals surface area contributed by atoms with Crippen molar-refractivity contribution in [2.45, 2.75) is 76.5 Å². The summed E-state index contributed by atoms with van der Waals surface area (Å²) in [6.07, 6.45) is 9.97. The molecule has 0 saturated heterocycles. The van der Waals surface area contributed by atoms with Gasteiger partial charge in [-0.05, 0) is 49.3 Å². The lowest BCUT2D eigenvalue weighted by Gasteiger charge is -2.25. The number of carbonyl (C=O) groups is 1. The number of rotatable bonds is 8. The predicted octanol–water partition coefficient (Wildman–Crippen LogP) is 6.71. The minimum absolute atomic E-state index is 0.0918. The molecule has 0 radical (unpaired) electrons. The first-order chi connectivity index (χ1) is 17.5. The van der Waals surface area contributed by atoms with Gasteiger partial charge in [0.25, 0.3) is 0 Å². The summed E-state index contributed by atoms with van der Waals surface area (Å²) in [5, 5.41) is 3.66. The van der Waals surface area contributed by atoms with Crippen molar-refractivity contribution >= 4 is 28.5 Å². The molecule has 1 heterocycles. The van der Waals surface area contributed by atoms with Crippen LogP contribution in [0.4, 0.5) is 8.78 Å². The van der Waals surface area contributed by atoms with E-state index in [1.807, 2.05) is 6.07 Å². The third-order valence-electron chi connectivity index (χ3n) is 7.49. The highest BCUT2D eigenvalue weighted by atomic mass is 35.5. The maximum absolute atomic E-state index is 14.4. The van der Waals surface area contributed by atoms with E-state index in [0.717, 1.165) is 50.7 Å². The Hall–Kier alpha value is -2.51. The molecule has 0 aliphatic heterocycles. The van der Waals surface area contributed by atoms with Gasteiger partial charge < -0.3 is 14.6 Å². The summed E-state index contributed by atoms with van der Waals surface area (Å²) >= 11 is 6.31. The first-order valence-electron chi connectivity index (χ1n) is 13.0. The highest BCUT2D eigenvalue weighted by molar-refractivity contribution is 6.30. The zero-order valence-corrected chi connectivity index (χ0v) is 21.1. The van der Waals surface area contributed by atoms with E-state index in [2.05, 4.69) is 10.3 Å². The van der Waals surface area contributed by atoms with Crippen molar-refractivity contribution in [3.05, 3.63) is 64.4 Å². The lowest BCUT2D eigenvalue weighted by atomic mass is 9.90. The van der Waals surface area contributed by atoms with Crippen molar-refractivity contribution in [3.8, 4) is 0 Å². The highest BCUT2D eigenvalue weighted by Crippen LogP contribution is 2.31. The third-order valence-corrected chi connectivity index (χ3v) is 7.72. The van der Waals surface area contributed by atoms with Crippen LogP contribution in [0.5, 0.6) is 0 Å². The SMILES string of the molecule is O=C(NC1CCCC1)C(c1cccc(Cl)c1)n1c(COCC2CCCCC2)nc2cc(F)c(F)cc21. The van der Waals surface area contributed by atoms with E-state index in [1.165, 1.54) is 19.3 Å². The van der Waals surface area contributed by atoms with Crippen LogP contribution >= 0.6 is 11.6 Å². The number of ether oxygens (including phenoxy) is 1. The van der Waals surface area contributed by atoms with Crippen LogP contribution in [0.1, 0.15) is 75.2 Å². The maximum atomic E-state index is 14.4.